The van der Waals surface area contributed by atoms with Gasteiger partial charge in [-0.25, -0.2) is 0 Å². The molecule has 0 heterocycles. The fourth-order valence-electron chi connectivity index (χ4n) is 3.83. The average molecular weight is 271 g/mol. The molecule has 2 aliphatic rings. The topological polar surface area (TPSA) is 38.3 Å². The minimum atomic E-state index is -0.236. The predicted molar refractivity (Wildman–Crippen MR) is 78.5 cm³/mol. The third-order valence-electron chi connectivity index (χ3n) is 4.94. The molecule has 1 N–H and O–H groups in total. The van der Waals surface area contributed by atoms with Crippen molar-refractivity contribution < 1.29 is 9.53 Å². The molecule has 1 spiro atoms. The molecule has 1 aromatic carbocycles. The highest BCUT2D eigenvalue weighted by Crippen LogP contribution is 2.63. The molecule has 0 unspecified atom stereocenters. The highest BCUT2D eigenvalue weighted by molar-refractivity contribution is 5.87. The number of ether oxygens (including phenoxy) is 1. The third kappa shape index (κ3) is 2.01. The fraction of sp³-hybridized carbons (Fsp3) is 0.471. The summed E-state index contributed by atoms with van der Waals surface area (Å²) in [5, 5.41) is 3.16. The lowest BCUT2D eigenvalue weighted by Gasteiger charge is -2.61. The molecular formula is C17H21NO2. The van der Waals surface area contributed by atoms with Crippen molar-refractivity contribution in [2.24, 2.45) is 5.41 Å². The summed E-state index contributed by atoms with van der Waals surface area (Å²) in [5.74, 6) is 0.742. The van der Waals surface area contributed by atoms with E-state index in [0.717, 1.165) is 24.2 Å². The summed E-state index contributed by atoms with van der Waals surface area (Å²) >= 11 is 0. The van der Waals surface area contributed by atoms with Crippen LogP contribution in [0, 0.1) is 5.41 Å². The number of methoxy groups -OCH3 is 1. The maximum Gasteiger partial charge on any atom is 0.244 e. The van der Waals surface area contributed by atoms with Gasteiger partial charge in [0.15, 0.2) is 0 Å². The number of amides is 1. The van der Waals surface area contributed by atoms with Crippen LogP contribution in [-0.4, -0.2) is 13.0 Å². The van der Waals surface area contributed by atoms with Crippen LogP contribution >= 0.6 is 0 Å². The first-order chi connectivity index (χ1) is 9.61. The molecule has 1 amide bonds. The highest BCUT2D eigenvalue weighted by Gasteiger charge is 2.58. The zero-order chi connectivity index (χ0) is 14.2. The van der Waals surface area contributed by atoms with Crippen LogP contribution < -0.4 is 10.1 Å². The zero-order valence-electron chi connectivity index (χ0n) is 11.9. The van der Waals surface area contributed by atoms with Gasteiger partial charge >= 0.3 is 0 Å². The van der Waals surface area contributed by atoms with E-state index >= 15 is 0 Å². The normalized spacial score (nSPS) is 21.4. The lowest BCUT2D eigenvalue weighted by molar-refractivity contribution is -0.126. The van der Waals surface area contributed by atoms with Gasteiger partial charge in [0.25, 0.3) is 0 Å². The molecule has 106 valence electrons. The molecule has 0 radical (unpaired) electrons. The number of benzene rings is 1. The van der Waals surface area contributed by atoms with E-state index in [2.05, 4.69) is 18.0 Å². The van der Waals surface area contributed by atoms with Crippen molar-refractivity contribution in [3.8, 4) is 5.75 Å². The SMILES string of the molecule is C=CC(=O)NC1(c2cccc(OC)c2)CC2(CCC2)C1. The van der Waals surface area contributed by atoms with Gasteiger partial charge < -0.3 is 10.1 Å². The number of carbonyl (C=O) groups excluding carboxylic acids is 1. The molecule has 2 fully saturated rings. The Labute approximate surface area is 120 Å². The van der Waals surface area contributed by atoms with Gasteiger partial charge in [-0.1, -0.05) is 25.1 Å². The van der Waals surface area contributed by atoms with E-state index in [1.54, 1.807) is 7.11 Å². The van der Waals surface area contributed by atoms with E-state index in [-0.39, 0.29) is 11.4 Å². The second-order valence-corrected chi connectivity index (χ2v) is 6.21. The third-order valence-corrected chi connectivity index (χ3v) is 4.94. The smallest absolute Gasteiger partial charge is 0.244 e. The molecule has 0 aliphatic heterocycles. The number of hydrogen-bond acceptors (Lipinski definition) is 2. The number of hydrogen-bond donors (Lipinski definition) is 1. The Hall–Kier alpha value is -1.77. The van der Waals surface area contributed by atoms with Crippen LogP contribution in [0.2, 0.25) is 0 Å². The first-order valence-corrected chi connectivity index (χ1v) is 7.21. The van der Waals surface area contributed by atoms with Crippen LogP contribution in [0.15, 0.2) is 36.9 Å². The van der Waals surface area contributed by atoms with Crippen LogP contribution in [0.5, 0.6) is 5.75 Å². The number of carbonyl (C=O) groups is 1. The zero-order valence-corrected chi connectivity index (χ0v) is 11.9. The molecule has 20 heavy (non-hydrogen) atoms. The lowest BCUT2D eigenvalue weighted by atomic mass is 9.47. The van der Waals surface area contributed by atoms with Crippen LogP contribution in [0.4, 0.5) is 0 Å². The first kappa shape index (κ1) is 13.2. The average Bonchev–Trinajstić information content (AvgIpc) is 2.40. The second kappa shape index (κ2) is 4.65. The van der Waals surface area contributed by atoms with Crippen molar-refractivity contribution in [2.45, 2.75) is 37.6 Å². The van der Waals surface area contributed by atoms with E-state index in [1.165, 1.54) is 25.3 Å². The summed E-state index contributed by atoms with van der Waals surface area (Å²) < 4.78 is 5.31. The van der Waals surface area contributed by atoms with Gasteiger partial charge in [-0.3, -0.25) is 4.79 Å². The van der Waals surface area contributed by atoms with Gasteiger partial charge in [0, 0.05) is 0 Å². The Balaban J connectivity index is 1.89. The Morgan fingerprint density at radius 2 is 2.15 bits per heavy atom. The standard InChI is InChI=1S/C17H21NO2/c1-3-15(19)18-17(11-16(12-17)8-5-9-16)13-6-4-7-14(10-13)20-2/h3-4,6-7,10H,1,5,8-9,11-12H2,2H3,(H,18,19). The van der Waals surface area contributed by atoms with E-state index in [4.69, 9.17) is 4.74 Å². The summed E-state index contributed by atoms with van der Waals surface area (Å²) in [4.78, 5) is 11.8. The summed E-state index contributed by atoms with van der Waals surface area (Å²) in [6.45, 7) is 3.56. The molecule has 3 heteroatoms. The minimum absolute atomic E-state index is 0.0954. The van der Waals surface area contributed by atoms with Gasteiger partial charge in [-0.15, -0.1) is 0 Å². The van der Waals surface area contributed by atoms with Gasteiger partial charge in [0.1, 0.15) is 5.75 Å². The van der Waals surface area contributed by atoms with Gasteiger partial charge in [-0.2, -0.15) is 0 Å². The second-order valence-electron chi connectivity index (χ2n) is 6.21. The molecule has 0 atom stereocenters. The van der Waals surface area contributed by atoms with E-state index in [1.807, 2.05) is 18.2 Å². The van der Waals surface area contributed by atoms with Crippen LogP contribution in [0.25, 0.3) is 0 Å². The first-order valence-electron chi connectivity index (χ1n) is 7.21. The molecule has 0 aromatic heterocycles. The van der Waals surface area contributed by atoms with Crippen molar-refractivity contribution in [1.29, 1.82) is 0 Å². The largest absolute Gasteiger partial charge is 0.497 e. The van der Waals surface area contributed by atoms with Crippen molar-refractivity contribution in [3.63, 3.8) is 0 Å². The Bertz CT molecular complexity index is 538. The van der Waals surface area contributed by atoms with E-state index in [0.29, 0.717) is 5.41 Å². The molecule has 1 aromatic rings. The molecule has 2 aliphatic carbocycles. The predicted octanol–water partition coefficient (Wildman–Crippen LogP) is 3.16. The Morgan fingerprint density at radius 1 is 1.40 bits per heavy atom. The van der Waals surface area contributed by atoms with Gasteiger partial charge in [-0.05, 0) is 54.9 Å². The summed E-state index contributed by atoms with van der Waals surface area (Å²) in [6, 6.07) is 8.04. The number of nitrogens with one attached hydrogen (secondary N) is 1. The summed E-state index contributed by atoms with van der Waals surface area (Å²) in [6.07, 6.45) is 7.34. The van der Waals surface area contributed by atoms with Crippen LogP contribution in [0.3, 0.4) is 0 Å². The summed E-state index contributed by atoms with van der Waals surface area (Å²) in [5.41, 5.74) is 1.38. The fourth-order valence-corrected chi connectivity index (χ4v) is 3.83. The van der Waals surface area contributed by atoms with Crippen molar-refractivity contribution >= 4 is 5.91 Å². The van der Waals surface area contributed by atoms with Crippen molar-refractivity contribution in [3.05, 3.63) is 42.5 Å². The number of rotatable bonds is 4. The summed E-state index contributed by atoms with van der Waals surface area (Å²) in [7, 11) is 1.67. The maximum atomic E-state index is 11.8. The maximum absolute atomic E-state index is 11.8. The van der Waals surface area contributed by atoms with Gasteiger partial charge in [0.2, 0.25) is 5.91 Å². The Morgan fingerprint density at radius 3 is 2.70 bits per heavy atom. The highest BCUT2D eigenvalue weighted by atomic mass is 16.5. The monoisotopic (exact) mass is 271 g/mol. The quantitative estimate of drug-likeness (QED) is 0.854. The molecule has 0 bridgehead atoms. The van der Waals surface area contributed by atoms with Crippen LogP contribution in [0.1, 0.15) is 37.7 Å². The lowest BCUT2D eigenvalue weighted by Crippen LogP contribution is -2.61. The Kier molecular flexibility index (Phi) is 3.08. The molecule has 3 nitrogen and oxygen atoms in total. The van der Waals surface area contributed by atoms with Crippen molar-refractivity contribution in [1.82, 2.24) is 5.32 Å². The molecule has 2 saturated carbocycles. The van der Waals surface area contributed by atoms with Gasteiger partial charge in [0.05, 0.1) is 12.6 Å². The molecule has 0 saturated heterocycles. The minimum Gasteiger partial charge on any atom is -0.497 e. The van der Waals surface area contributed by atoms with Crippen molar-refractivity contribution in [2.75, 3.05) is 7.11 Å². The molecule has 3 rings (SSSR count). The van der Waals surface area contributed by atoms with E-state index < -0.39 is 0 Å². The molecular weight excluding hydrogens is 250 g/mol. The van der Waals surface area contributed by atoms with Crippen LogP contribution in [-0.2, 0) is 10.3 Å². The van der Waals surface area contributed by atoms with E-state index in [9.17, 15) is 4.79 Å².